The van der Waals surface area contributed by atoms with Crippen molar-refractivity contribution in [2.45, 2.75) is 6.92 Å². The number of carbonyl (C=O) groups is 1. The minimum atomic E-state index is -0.142. The maximum absolute atomic E-state index is 13.2. The van der Waals surface area contributed by atoms with Crippen LogP contribution in [-0.4, -0.2) is 47.0 Å². The predicted molar refractivity (Wildman–Crippen MR) is 108 cm³/mol. The number of carbonyl (C=O) groups excluding carboxylic acids is 1. The molecule has 0 bridgehead atoms. The molecule has 142 valence electrons. The molecule has 1 fully saturated rings. The van der Waals surface area contributed by atoms with Crippen LogP contribution in [0.4, 0.5) is 5.82 Å². The van der Waals surface area contributed by atoms with Crippen LogP contribution in [0.2, 0.25) is 5.02 Å². The van der Waals surface area contributed by atoms with Gasteiger partial charge in [-0.1, -0.05) is 23.7 Å². The quantitative estimate of drug-likeness (QED) is 0.630. The van der Waals surface area contributed by atoms with Gasteiger partial charge in [0.2, 0.25) is 0 Å². The Morgan fingerprint density at radius 2 is 1.82 bits per heavy atom. The Kier molecular flexibility index (Phi) is 5.32. The van der Waals surface area contributed by atoms with Crippen LogP contribution >= 0.6 is 11.6 Å². The fourth-order valence-electron chi connectivity index (χ4n) is 3.08. The molecule has 28 heavy (non-hydrogen) atoms. The second-order valence-electron chi connectivity index (χ2n) is 6.53. The van der Waals surface area contributed by atoms with Crippen LogP contribution in [0, 0.1) is 6.92 Å². The molecule has 1 saturated heterocycles. The van der Waals surface area contributed by atoms with Gasteiger partial charge in [0.05, 0.1) is 23.9 Å². The largest absolute Gasteiger partial charge is 0.378 e. The van der Waals surface area contributed by atoms with Crippen LogP contribution < -0.4 is 4.90 Å². The summed E-state index contributed by atoms with van der Waals surface area (Å²) in [5, 5.41) is 0.428. The first-order valence-corrected chi connectivity index (χ1v) is 9.42. The summed E-state index contributed by atoms with van der Waals surface area (Å²) in [5.41, 5.74) is 2.41. The third-order valence-corrected chi connectivity index (χ3v) is 4.93. The lowest BCUT2D eigenvalue weighted by atomic mass is 10.0. The normalized spacial score (nSPS) is 14.1. The van der Waals surface area contributed by atoms with Crippen molar-refractivity contribution in [2.75, 3.05) is 31.2 Å². The van der Waals surface area contributed by atoms with Crippen molar-refractivity contribution in [3.8, 4) is 11.3 Å². The predicted octanol–water partition coefficient (Wildman–Crippen LogP) is 3.57. The summed E-state index contributed by atoms with van der Waals surface area (Å²) in [5.74, 6) is 1.27. The number of halogens is 1. The van der Waals surface area contributed by atoms with E-state index in [0.717, 1.165) is 24.5 Å². The molecule has 0 saturated carbocycles. The zero-order valence-electron chi connectivity index (χ0n) is 15.4. The van der Waals surface area contributed by atoms with E-state index in [4.69, 9.17) is 21.3 Å². The van der Waals surface area contributed by atoms with Crippen LogP contribution in [0.5, 0.6) is 0 Å². The Morgan fingerprint density at radius 1 is 1.11 bits per heavy atom. The van der Waals surface area contributed by atoms with Gasteiger partial charge in [-0.2, -0.15) is 0 Å². The standard InChI is InChI=1S/C21H19ClN4O2/c1-14-23-12-16(13-24-14)19-10-15(21(27)17-4-2-3-5-18(17)22)11-20(25-19)26-6-8-28-9-7-26/h2-5,10-13H,6-9H2,1H3. The number of ketones is 1. The van der Waals surface area contributed by atoms with Crippen molar-refractivity contribution >= 4 is 23.2 Å². The zero-order chi connectivity index (χ0) is 19.5. The summed E-state index contributed by atoms with van der Waals surface area (Å²) < 4.78 is 5.44. The van der Waals surface area contributed by atoms with Crippen molar-refractivity contribution in [1.82, 2.24) is 15.0 Å². The number of aromatic nitrogens is 3. The third kappa shape index (κ3) is 3.88. The molecule has 0 N–H and O–H groups in total. The average Bonchev–Trinajstić information content (AvgIpc) is 2.74. The zero-order valence-corrected chi connectivity index (χ0v) is 16.2. The number of pyridine rings is 1. The number of anilines is 1. The van der Waals surface area contributed by atoms with E-state index < -0.39 is 0 Å². The second-order valence-corrected chi connectivity index (χ2v) is 6.93. The number of aryl methyl sites for hydroxylation is 1. The molecule has 4 rings (SSSR count). The molecule has 7 heteroatoms. The van der Waals surface area contributed by atoms with Gasteiger partial charge in [-0.3, -0.25) is 4.79 Å². The van der Waals surface area contributed by atoms with Gasteiger partial charge in [-0.25, -0.2) is 15.0 Å². The van der Waals surface area contributed by atoms with Gasteiger partial charge >= 0.3 is 0 Å². The Bertz CT molecular complexity index is 1000. The summed E-state index contributed by atoms with van der Waals surface area (Å²) in [6.45, 7) is 4.54. The van der Waals surface area contributed by atoms with Crippen LogP contribution in [0.15, 0.2) is 48.8 Å². The van der Waals surface area contributed by atoms with Crippen LogP contribution in [-0.2, 0) is 4.74 Å². The van der Waals surface area contributed by atoms with E-state index in [2.05, 4.69) is 14.9 Å². The van der Waals surface area contributed by atoms with Gasteiger partial charge in [0.15, 0.2) is 5.78 Å². The minimum Gasteiger partial charge on any atom is -0.378 e. The van der Waals surface area contributed by atoms with Gasteiger partial charge in [0, 0.05) is 42.2 Å². The molecule has 0 aliphatic carbocycles. The molecule has 0 radical (unpaired) electrons. The molecule has 2 aromatic heterocycles. The Balaban J connectivity index is 1.80. The fraction of sp³-hybridized carbons (Fsp3) is 0.238. The van der Waals surface area contributed by atoms with E-state index in [9.17, 15) is 4.79 Å². The fourth-order valence-corrected chi connectivity index (χ4v) is 3.30. The first-order valence-electron chi connectivity index (χ1n) is 9.05. The minimum absolute atomic E-state index is 0.142. The van der Waals surface area contributed by atoms with E-state index in [-0.39, 0.29) is 5.78 Å². The summed E-state index contributed by atoms with van der Waals surface area (Å²) in [6, 6.07) is 10.6. The van der Waals surface area contributed by atoms with E-state index in [1.165, 1.54) is 0 Å². The van der Waals surface area contributed by atoms with E-state index in [0.29, 0.717) is 40.9 Å². The molecule has 1 aromatic carbocycles. The molecule has 0 spiro atoms. The van der Waals surface area contributed by atoms with Crippen molar-refractivity contribution in [3.63, 3.8) is 0 Å². The highest BCUT2D eigenvalue weighted by Crippen LogP contribution is 2.26. The van der Waals surface area contributed by atoms with Gasteiger partial charge < -0.3 is 9.64 Å². The summed E-state index contributed by atoms with van der Waals surface area (Å²) in [4.78, 5) is 28.5. The third-order valence-electron chi connectivity index (χ3n) is 4.60. The van der Waals surface area contributed by atoms with E-state index >= 15 is 0 Å². The molecule has 0 amide bonds. The lowest BCUT2D eigenvalue weighted by Gasteiger charge is -2.28. The number of nitrogens with zero attached hydrogens (tertiary/aromatic N) is 4. The number of morpholine rings is 1. The smallest absolute Gasteiger partial charge is 0.194 e. The Labute approximate surface area is 168 Å². The number of hydrogen-bond donors (Lipinski definition) is 0. The van der Waals surface area contributed by atoms with Gasteiger partial charge in [-0.15, -0.1) is 0 Å². The summed E-state index contributed by atoms with van der Waals surface area (Å²) >= 11 is 6.25. The maximum atomic E-state index is 13.2. The number of ether oxygens (including phenoxy) is 1. The molecule has 0 unspecified atom stereocenters. The van der Waals surface area contributed by atoms with Crippen molar-refractivity contribution in [3.05, 3.63) is 70.8 Å². The van der Waals surface area contributed by atoms with Gasteiger partial charge in [-0.05, 0) is 31.2 Å². The van der Waals surface area contributed by atoms with Crippen molar-refractivity contribution in [1.29, 1.82) is 0 Å². The summed E-state index contributed by atoms with van der Waals surface area (Å²) in [7, 11) is 0. The molecule has 6 nitrogen and oxygen atoms in total. The van der Waals surface area contributed by atoms with Crippen molar-refractivity contribution < 1.29 is 9.53 Å². The Morgan fingerprint density at radius 3 is 2.54 bits per heavy atom. The van der Waals surface area contributed by atoms with Crippen molar-refractivity contribution in [2.24, 2.45) is 0 Å². The highest BCUT2D eigenvalue weighted by atomic mass is 35.5. The molecule has 1 aliphatic heterocycles. The molecular weight excluding hydrogens is 376 g/mol. The topological polar surface area (TPSA) is 68.2 Å². The van der Waals surface area contributed by atoms with Gasteiger partial charge in [0.1, 0.15) is 11.6 Å². The van der Waals surface area contributed by atoms with Gasteiger partial charge in [0.25, 0.3) is 0 Å². The summed E-state index contributed by atoms with van der Waals surface area (Å²) in [6.07, 6.45) is 3.44. The van der Waals surface area contributed by atoms with Crippen LogP contribution in [0.1, 0.15) is 21.7 Å². The first-order chi connectivity index (χ1) is 13.6. The highest BCUT2D eigenvalue weighted by Gasteiger charge is 2.19. The molecule has 0 atom stereocenters. The SMILES string of the molecule is Cc1ncc(-c2cc(C(=O)c3ccccc3Cl)cc(N3CCOCC3)n2)cn1. The molecule has 3 heterocycles. The molecular formula is C21H19ClN4O2. The number of rotatable bonds is 4. The number of hydrogen-bond acceptors (Lipinski definition) is 6. The average molecular weight is 395 g/mol. The highest BCUT2D eigenvalue weighted by molar-refractivity contribution is 6.35. The Hall–Kier alpha value is -2.83. The lowest BCUT2D eigenvalue weighted by Crippen LogP contribution is -2.36. The molecule has 3 aromatic rings. The maximum Gasteiger partial charge on any atom is 0.194 e. The van der Waals surface area contributed by atoms with Crippen LogP contribution in [0.25, 0.3) is 11.3 Å². The monoisotopic (exact) mass is 394 g/mol. The number of benzene rings is 1. The second kappa shape index (κ2) is 8.04. The van der Waals surface area contributed by atoms with Crippen LogP contribution in [0.3, 0.4) is 0 Å². The van der Waals surface area contributed by atoms with E-state index in [1.807, 2.05) is 13.0 Å². The molecule has 1 aliphatic rings. The van der Waals surface area contributed by atoms with E-state index in [1.54, 1.807) is 42.7 Å². The first kappa shape index (κ1) is 18.5. The lowest BCUT2D eigenvalue weighted by molar-refractivity contribution is 0.103.